The van der Waals surface area contributed by atoms with E-state index in [1.54, 1.807) is 7.05 Å². The van der Waals surface area contributed by atoms with Crippen LogP contribution in [0.25, 0.3) is 0 Å². The lowest BCUT2D eigenvalue weighted by atomic mass is 10.2. The van der Waals surface area contributed by atoms with Gasteiger partial charge in [-0.1, -0.05) is 0 Å². The van der Waals surface area contributed by atoms with Crippen LogP contribution in [-0.4, -0.2) is 39.5 Å². The largest absolute Gasteiger partial charge is 0.367 e. The number of hydrogen-bond acceptors (Lipinski definition) is 7. The van der Waals surface area contributed by atoms with Crippen molar-refractivity contribution in [2.75, 3.05) is 29.2 Å². The van der Waals surface area contributed by atoms with E-state index in [1.165, 1.54) is 6.33 Å². The molecule has 1 saturated heterocycles. The molecule has 2 N–H and O–H groups in total. The van der Waals surface area contributed by atoms with Gasteiger partial charge in [0.25, 0.3) is 0 Å². The average molecular weight is 255 g/mol. The molecule has 0 radical (unpaired) electrons. The van der Waals surface area contributed by atoms with Crippen LogP contribution in [0, 0.1) is 10.1 Å². The van der Waals surface area contributed by atoms with Gasteiger partial charge < -0.3 is 10.6 Å². The number of anilines is 2. The summed E-state index contributed by atoms with van der Waals surface area (Å²) >= 11 is 1.83. The molecule has 1 atom stereocenters. The van der Waals surface area contributed by atoms with E-state index in [9.17, 15) is 10.1 Å². The first-order valence-corrected chi connectivity index (χ1v) is 6.39. The quantitative estimate of drug-likeness (QED) is 0.619. The second-order valence-electron chi connectivity index (χ2n) is 3.63. The molecule has 1 aromatic heterocycles. The van der Waals surface area contributed by atoms with Crippen molar-refractivity contribution >= 4 is 29.1 Å². The second-order valence-corrected chi connectivity index (χ2v) is 4.78. The topological polar surface area (TPSA) is 93.0 Å². The Morgan fingerprint density at radius 1 is 1.53 bits per heavy atom. The van der Waals surface area contributed by atoms with Crippen molar-refractivity contribution in [3.8, 4) is 0 Å². The SMILES string of the molecule is CNc1ncnc(NC2CCSC2)c1[N+](=O)[O-]. The smallest absolute Gasteiger partial charge is 0.353 e. The number of nitrogens with zero attached hydrogens (tertiary/aromatic N) is 3. The van der Waals surface area contributed by atoms with Gasteiger partial charge in [0.1, 0.15) is 6.33 Å². The summed E-state index contributed by atoms with van der Waals surface area (Å²) < 4.78 is 0. The molecule has 1 aromatic rings. The van der Waals surface area contributed by atoms with Gasteiger partial charge in [-0.05, 0) is 12.2 Å². The Morgan fingerprint density at radius 2 is 2.29 bits per heavy atom. The first kappa shape index (κ1) is 11.9. The molecule has 1 aliphatic rings. The Kier molecular flexibility index (Phi) is 3.62. The monoisotopic (exact) mass is 255 g/mol. The maximum atomic E-state index is 11.0. The zero-order valence-corrected chi connectivity index (χ0v) is 10.2. The number of nitrogens with one attached hydrogen (secondary N) is 2. The first-order chi connectivity index (χ1) is 8.22. The molecule has 0 aromatic carbocycles. The Hall–Kier alpha value is -1.57. The molecule has 7 nitrogen and oxygen atoms in total. The Morgan fingerprint density at radius 3 is 2.88 bits per heavy atom. The highest BCUT2D eigenvalue weighted by atomic mass is 32.2. The molecule has 0 saturated carbocycles. The highest BCUT2D eigenvalue weighted by Crippen LogP contribution is 2.30. The van der Waals surface area contributed by atoms with Gasteiger partial charge in [-0.2, -0.15) is 11.8 Å². The summed E-state index contributed by atoms with van der Waals surface area (Å²) in [6.07, 6.45) is 2.32. The van der Waals surface area contributed by atoms with E-state index < -0.39 is 4.92 Å². The molecule has 1 aliphatic heterocycles. The summed E-state index contributed by atoms with van der Waals surface area (Å²) in [5.41, 5.74) is -0.0908. The third-order valence-corrected chi connectivity index (χ3v) is 3.67. The van der Waals surface area contributed by atoms with Crippen LogP contribution in [-0.2, 0) is 0 Å². The zero-order valence-electron chi connectivity index (χ0n) is 9.34. The molecular formula is C9H13N5O2S. The van der Waals surface area contributed by atoms with Crippen LogP contribution in [0.4, 0.5) is 17.3 Å². The summed E-state index contributed by atoms with van der Waals surface area (Å²) in [5, 5.41) is 16.8. The molecule has 1 fully saturated rings. The summed E-state index contributed by atoms with van der Waals surface area (Å²) in [6, 6.07) is 0.248. The molecule has 0 amide bonds. The maximum absolute atomic E-state index is 11.0. The van der Waals surface area contributed by atoms with Crippen LogP contribution in [0.5, 0.6) is 0 Å². The fourth-order valence-electron chi connectivity index (χ4n) is 1.68. The highest BCUT2D eigenvalue weighted by molar-refractivity contribution is 7.99. The lowest BCUT2D eigenvalue weighted by Gasteiger charge is -2.12. The molecule has 0 bridgehead atoms. The molecule has 0 spiro atoms. The van der Waals surface area contributed by atoms with Crippen LogP contribution >= 0.6 is 11.8 Å². The van der Waals surface area contributed by atoms with Crippen molar-refractivity contribution in [3.63, 3.8) is 0 Å². The van der Waals surface area contributed by atoms with E-state index in [1.807, 2.05) is 11.8 Å². The zero-order chi connectivity index (χ0) is 12.3. The fourth-order valence-corrected chi connectivity index (χ4v) is 2.83. The fraction of sp³-hybridized carbons (Fsp3) is 0.556. The maximum Gasteiger partial charge on any atom is 0.353 e. The van der Waals surface area contributed by atoms with Gasteiger partial charge in [0.2, 0.25) is 11.6 Å². The van der Waals surface area contributed by atoms with Crippen molar-refractivity contribution in [1.82, 2.24) is 9.97 Å². The highest BCUT2D eigenvalue weighted by Gasteiger charge is 2.25. The number of thioether (sulfide) groups is 1. The van der Waals surface area contributed by atoms with E-state index in [4.69, 9.17) is 0 Å². The van der Waals surface area contributed by atoms with Gasteiger partial charge in [0.15, 0.2) is 0 Å². The van der Waals surface area contributed by atoms with Gasteiger partial charge in [0.05, 0.1) is 4.92 Å². The summed E-state index contributed by atoms with van der Waals surface area (Å²) in [5.74, 6) is 2.56. The van der Waals surface area contributed by atoms with Gasteiger partial charge in [-0.15, -0.1) is 0 Å². The first-order valence-electron chi connectivity index (χ1n) is 5.23. The number of nitro groups is 1. The standard InChI is InChI=1S/C9H13N5O2S/c1-10-8-7(14(15)16)9(12-5-11-8)13-6-2-3-17-4-6/h5-6H,2-4H2,1H3,(H2,10,11,12,13). The van der Waals surface area contributed by atoms with Crippen LogP contribution in [0.2, 0.25) is 0 Å². The van der Waals surface area contributed by atoms with E-state index in [0.29, 0.717) is 5.82 Å². The van der Waals surface area contributed by atoms with Gasteiger partial charge in [-0.25, -0.2) is 9.97 Å². The van der Waals surface area contributed by atoms with Gasteiger partial charge in [0, 0.05) is 18.8 Å². The number of rotatable bonds is 4. The second kappa shape index (κ2) is 5.17. The van der Waals surface area contributed by atoms with Crippen LogP contribution in [0.3, 0.4) is 0 Å². The Labute approximate surface area is 103 Å². The van der Waals surface area contributed by atoms with Crippen LogP contribution in [0.1, 0.15) is 6.42 Å². The third kappa shape index (κ3) is 2.57. The minimum Gasteiger partial charge on any atom is -0.367 e. The normalized spacial score (nSPS) is 19.0. The molecule has 8 heteroatoms. The number of aromatic nitrogens is 2. The van der Waals surface area contributed by atoms with Crippen molar-refractivity contribution in [1.29, 1.82) is 0 Å². The van der Waals surface area contributed by atoms with E-state index in [-0.39, 0.29) is 17.5 Å². The summed E-state index contributed by atoms with van der Waals surface area (Å²) in [7, 11) is 1.60. The van der Waals surface area contributed by atoms with Crippen molar-refractivity contribution in [2.45, 2.75) is 12.5 Å². The summed E-state index contributed by atoms with van der Waals surface area (Å²) in [6.45, 7) is 0. The van der Waals surface area contributed by atoms with E-state index >= 15 is 0 Å². The van der Waals surface area contributed by atoms with Crippen LogP contribution in [0.15, 0.2) is 6.33 Å². The Bertz CT molecular complexity index is 422. The van der Waals surface area contributed by atoms with Crippen molar-refractivity contribution < 1.29 is 4.92 Å². The molecule has 17 heavy (non-hydrogen) atoms. The third-order valence-electron chi connectivity index (χ3n) is 2.51. The molecule has 92 valence electrons. The minimum absolute atomic E-state index is 0.0908. The summed E-state index contributed by atoms with van der Waals surface area (Å²) in [4.78, 5) is 18.4. The van der Waals surface area contributed by atoms with Gasteiger partial charge in [-0.3, -0.25) is 10.1 Å². The van der Waals surface area contributed by atoms with Crippen molar-refractivity contribution in [3.05, 3.63) is 16.4 Å². The van der Waals surface area contributed by atoms with Gasteiger partial charge >= 0.3 is 5.69 Å². The molecule has 2 rings (SSSR count). The Balaban J connectivity index is 2.28. The molecule has 0 aliphatic carbocycles. The lowest BCUT2D eigenvalue weighted by molar-refractivity contribution is -0.383. The predicted octanol–water partition coefficient (Wildman–Crippen LogP) is 1.34. The van der Waals surface area contributed by atoms with Crippen LogP contribution < -0.4 is 10.6 Å². The molecule has 2 heterocycles. The molecule has 1 unspecified atom stereocenters. The minimum atomic E-state index is -0.462. The van der Waals surface area contributed by atoms with E-state index in [2.05, 4.69) is 20.6 Å². The number of hydrogen-bond donors (Lipinski definition) is 2. The molecular weight excluding hydrogens is 242 g/mol. The van der Waals surface area contributed by atoms with E-state index in [0.717, 1.165) is 17.9 Å². The lowest BCUT2D eigenvalue weighted by Crippen LogP contribution is -2.20. The van der Waals surface area contributed by atoms with Crippen molar-refractivity contribution in [2.24, 2.45) is 0 Å². The predicted molar refractivity (Wildman–Crippen MR) is 67.6 cm³/mol. The average Bonchev–Trinajstić information content (AvgIpc) is 2.81.